The fourth-order valence-corrected chi connectivity index (χ4v) is 8.83. The number of rotatable bonds is 2. The summed E-state index contributed by atoms with van der Waals surface area (Å²) in [5.41, 5.74) is 9.66. The third-order valence-electron chi connectivity index (χ3n) is 10.6. The lowest BCUT2D eigenvalue weighted by molar-refractivity contribution is -1.01. The summed E-state index contributed by atoms with van der Waals surface area (Å²) in [4.78, 5) is 0. The van der Waals surface area contributed by atoms with Crippen LogP contribution in [0.1, 0.15) is 30.4 Å². The Labute approximate surface area is 250 Å². The smallest absolute Gasteiger partial charge is 0.123 e. The van der Waals surface area contributed by atoms with Gasteiger partial charge >= 0.3 is 0 Å². The highest BCUT2D eigenvalue weighted by Gasteiger charge is 2.59. The van der Waals surface area contributed by atoms with E-state index in [9.17, 15) is 8.78 Å². The normalized spacial score (nSPS) is 17.7. The van der Waals surface area contributed by atoms with E-state index in [-0.39, 0.29) is 11.6 Å². The van der Waals surface area contributed by atoms with E-state index in [0.717, 1.165) is 63.7 Å². The first-order valence-corrected chi connectivity index (χ1v) is 15.5. The molecule has 0 aromatic heterocycles. The van der Waals surface area contributed by atoms with Gasteiger partial charge in [-0.25, -0.2) is 8.78 Å². The van der Waals surface area contributed by atoms with Gasteiger partial charge in [0.25, 0.3) is 0 Å². The van der Waals surface area contributed by atoms with E-state index in [4.69, 9.17) is 0 Å². The van der Waals surface area contributed by atoms with Crippen LogP contribution >= 0.6 is 0 Å². The minimum Gasteiger partial charge on any atom is -0.315 e. The van der Waals surface area contributed by atoms with Crippen LogP contribution in [-0.4, -0.2) is 17.6 Å². The molecule has 2 aliphatic heterocycles. The van der Waals surface area contributed by atoms with E-state index in [1.54, 1.807) is 12.1 Å². The Morgan fingerprint density at radius 3 is 1.47 bits per heavy atom. The van der Waals surface area contributed by atoms with Gasteiger partial charge in [0.05, 0.1) is 18.5 Å². The average Bonchev–Trinajstić information content (AvgIpc) is 3.14. The number of benzene rings is 6. The SMILES string of the molecule is Fc1cccc(-c2cc3ccccc3c3c2C[N+]2(Cc4c(-c5cccc(F)c5)cc5ccccc5c4-3)CC3(CCC3)C2)c1. The molecule has 2 spiro atoms. The maximum absolute atomic E-state index is 14.7. The van der Waals surface area contributed by atoms with Crippen molar-refractivity contribution in [1.29, 1.82) is 0 Å². The maximum Gasteiger partial charge on any atom is 0.123 e. The van der Waals surface area contributed by atoms with Crippen molar-refractivity contribution in [3.05, 3.63) is 132 Å². The molecular weight excluding hydrogens is 532 g/mol. The molecule has 0 unspecified atom stereocenters. The first kappa shape index (κ1) is 25.2. The van der Waals surface area contributed by atoms with Gasteiger partial charge in [-0.05, 0) is 93.0 Å². The number of quaternary nitrogens is 1. The molecule has 1 saturated heterocycles. The van der Waals surface area contributed by atoms with Gasteiger partial charge in [-0.3, -0.25) is 0 Å². The van der Waals surface area contributed by atoms with Crippen LogP contribution in [0.2, 0.25) is 0 Å². The molecule has 210 valence electrons. The summed E-state index contributed by atoms with van der Waals surface area (Å²) in [7, 11) is 0. The Bertz CT molecular complexity index is 1960. The van der Waals surface area contributed by atoms with Crippen molar-refractivity contribution in [3.8, 4) is 33.4 Å². The lowest BCUT2D eigenvalue weighted by Crippen LogP contribution is -2.70. The minimum atomic E-state index is -0.214. The maximum atomic E-state index is 14.7. The van der Waals surface area contributed by atoms with Crippen molar-refractivity contribution in [3.63, 3.8) is 0 Å². The molecule has 3 aliphatic rings. The summed E-state index contributed by atoms with van der Waals surface area (Å²) in [6.07, 6.45) is 3.96. The van der Waals surface area contributed by atoms with Gasteiger partial charge in [0, 0.05) is 22.3 Å². The standard InChI is InChI=1S/C40H32F2N/c41-30-12-5-10-26(18-30)34-20-28-8-1-3-14-32(28)38-36(34)22-43(24-40(25-43)16-7-17-40)23-37-35(27-11-6-13-31(42)19-27)21-29-9-2-4-15-33(29)39(37)38/h1-6,8-15,18-21H,7,16-17,22-25H2/q+1. The zero-order valence-corrected chi connectivity index (χ0v) is 24.0. The second-order valence-electron chi connectivity index (χ2n) is 13.3. The highest BCUT2D eigenvalue weighted by Crippen LogP contribution is 2.57. The monoisotopic (exact) mass is 564 g/mol. The highest BCUT2D eigenvalue weighted by molar-refractivity contribution is 6.11. The molecule has 6 aromatic rings. The molecule has 0 N–H and O–H groups in total. The molecule has 2 heterocycles. The fourth-order valence-electron chi connectivity index (χ4n) is 8.83. The van der Waals surface area contributed by atoms with Crippen molar-refractivity contribution in [2.24, 2.45) is 5.41 Å². The van der Waals surface area contributed by atoms with Crippen LogP contribution in [0.25, 0.3) is 54.9 Å². The minimum absolute atomic E-state index is 0.214. The number of nitrogens with zero attached hydrogens (tertiary/aromatic N) is 1. The molecular formula is C40H32F2N+. The molecule has 0 atom stereocenters. The number of halogens is 2. The van der Waals surface area contributed by atoms with Crippen LogP contribution in [0.4, 0.5) is 8.78 Å². The zero-order chi connectivity index (χ0) is 28.8. The van der Waals surface area contributed by atoms with Crippen LogP contribution < -0.4 is 0 Å². The largest absolute Gasteiger partial charge is 0.315 e. The summed E-state index contributed by atoms with van der Waals surface area (Å²) in [6.45, 7) is 4.13. The summed E-state index contributed by atoms with van der Waals surface area (Å²) in [5, 5.41) is 4.75. The van der Waals surface area contributed by atoms with Crippen molar-refractivity contribution in [2.45, 2.75) is 32.4 Å². The molecule has 2 fully saturated rings. The van der Waals surface area contributed by atoms with Gasteiger partial charge in [0.1, 0.15) is 24.7 Å². The van der Waals surface area contributed by atoms with Crippen LogP contribution in [0.15, 0.2) is 109 Å². The lowest BCUT2D eigenvalue weighted by atomic mass is 9.62. The second-order valence-corrected chi connectivity index (χ2v) is 13.3. The van der Waals surface area contributed by atoms with Crippen molar-refractivity contribution >= 4 is 21.5 Å². The third kappa shape index (κ3) is 3.84. The number of hydrogen-bond donors (Lipinski definition) is 0. The number of hydrogen-bond acceptors (Lipinski definition) is 0. The van der Waals surface area contributed by atoms with E-state index < -0.39 is 0 Å². The molecule has 0 amide bonds. The van der Waals surface area contributed by atoms with Crippen LogP contribution in [0, 0.1) is 17.0 Å². The van der Waals surface area contributed by atoms with Crippen LogP contribution in [-0.2, 0) is 13.1 Å². The Hall–Kier alpha value is -4.34. The molecule has 6 aromatic carbocycles. The summed E-state index contributed by atoms with van der Waals surface area (Å²) in [5.74, 6) is -0.429. The first-order valence-electron chi connectivity index (χ1n) is 15.5. The summed E-state index contributed by atoms with van der Waals surface area (Å²) >= 11 is 0. The third-order valence-corrected chi connectivity index (χ3v) is 10.6. The van der Waals surface area contributed by atoms with E-state index in [2.05, 4.69) is 72.8 Å². The fraction of sp³-hybridized carbons (Fsp3) is 0.200. The highest BCUT2D eigenvalue weighted by atomic mass is 19.1. The van der Waals surface area contributed by atoms with Gasteiger partial charge in [-0.15, -0.1) is 0 Å². The second kappa shape index (κ2) is 9.08. The molecule has 1 aliphatic carbocycles. The molecule has 43 heavy (non-hydrogen) atoms. The van der Waals surface area contributed by atoms with Gasteiger partial charge in [-0.1, -0.05) is 79.2 Å². The van der Waals surface area contributed by atoms with E-state index >= 15 is 0 Å². The van der Waals surface area contributed by atoms with Gasteiger partial charge in [0.15, 0.2) is 0 Å². The van der Waals surface area contributed by atoms with Crippen LogP contribution in [0.5, 0.6) is 0 Å². The Morgan fingerprint density at radius 1 is 0.535 bits per heavy atom. The van der Waals surface area contributed by atoms with Crippen molar-refractivity contribution < 1.29 is 13.3 Å². The van der Waals surface area contributed by atoms with Crippen molar-refractivity contribution in [1.82, 2.24) is 0 Å². The Balaban J connectivity index is 1.44. The van der Waals surface area contributed by atoms with Gasteiger partial charge in [0.2, 0.25) is 0 Å². The van der Waals surface area contributed by atoms with E-state index in [1.165, 1.54) is 64.4 Å². The van der Waals surface area contributed by atoms with E-state index in [1.807, 2.05) is 12.1 Å². The zero-order valence-electron chi connectivity index (χ0n) is 24.0. The molecule has 9 rings (SSSR count). The molecule has 0 radical (unpaired) electrons. The molecule has 1 saturated carbocycles. The topological polar surface area (TPSA) is 0 Å². The molecule has 1 nitrogen and oxygen atoms in total. The first-order chi connectivity index (χ1) is 21.0. The van der Waals surface area contributed by atoms with Gasteiger partial charge in [-0.2, -0.15) is 0 Å². The Morgan fingerprint density at radius 2 is 1.02 bits per heavy atom. The summed E-state index contributed by atoms with van der Waals surface area (Å²) < 4.78 is 30.5. The molecule has 3 heteroatoms. The predicted molar refractivity (Wildman–Crippen MR) is 171 cm³/mol. The van der Waals surface area contributed by atoms with Gasteiger partial charge < -0.3 is 4.48 Å². The predicted octanol–water partition coefficient (Wildman–Crippen LogP) is 10.3. The average molecular weight is 565 g/mol. The van der Waals surface area contributed by atoms with E-state index in [0.29, 0.717) is 5.41 Å². The Kier molecular flexibility index (Phi) is 5.32. The molecule has 0 bridgehead atoms. The quantitative estimate of drug-likeness (QED) is 0.184. The summed E-state index contributed by atoms with van der Waals surface area (Å²) in [6, 6.07) is 36.0. The van der Waals surface area contributed by atoms with Crippen molar-refractivity contribution in [2.75, 3.05) is 13.1 Å². The van der Waals surface area contributed by atoms with Crippen LogP contribution in [0.3, 0.4) is 0 Å². The number of fused-ring (bicyclic) bond motifs is 7. The lowest BCUT2D eigenvalue weighted by Gasteiger charge is -2.61.